The van der Waals surface area contributed by atoms with E-state index in [4.69, 9.17) is 4.74 Å². The number of rotatable bonds is 7. The number of aryl methyl sites for hydroxylation is 2. The first-order valence-corrected chi connectivity index (χ1v) is 12.2. The molecule has 2 aromatic rings. The first kappa shape index (κ1) is 24.7. The summed E-state index contributed by atoms with van der Waals surface area (Å²) in [7, 11) is 0. The lowest BCUT2D eigenvalue weighted by Crippen LogP contribution is -2.44. The van der Waals surface area contributed by atoms with Crippen LogP contribution in [-0.2, 0) is 19.1 Å². The number of anilines is 1. The third-order valence-corrected chi connectivity index (χ3v) is 7.03. The minimum absolute atomic E-state index is 0.137. The fourth-order valence-electron chi connectivity index (χ4n) is 3.88. The fraction of sp³-hybridized carbons (Fsp3) is 0.360. The molecule has 2 aromatic carbocycles. The lowest BCUT2D eigenvalue weighted by atomic mass is 10.2. The number of hydrogen-bond donors (Lipinski definition) is 2. The zero-order valence-electron chi connectivity index (χ0n) is 19.7. The molecule has 2 saturated heterocycles. The number of ether oxygens (including phenoxy) is 1. The van der Waals surface area contributed by atoms with Gasteiger partial charge in [-0.1, -0.05) is 23.9 Å². The van der Waals surface area contributed by atoms with Crippen molar-refractivity contribution in [3.63, 3.8) is 0 Å². The molecule has 2 fully saturated rings. The predicted molar refractivity (Wildman–Crippen MR) is 131 cm³/mol. The fourth-order valence-corrected chi connectivity index (χ4v) is 4.88. The van der Waals surface area contributed by atoms with Gasteiger partial charge in [-0.05, 0) is 55.3 Å². The van der Waals surface area contributed by atoms with E-state index in [0.29, 0.717) is 32.0 Å². The number of carbonyl (C=O) groups excluding carboxylic acids is 4. The molecule has 1 unspecified atom stereocenters. The van der Waals surface area contributed by atoms with Crippen LogP contribution in [0.3, 0.4) is 0 Å². The summed E-state index contributed by atoms with van der Waals surface area (Å²) < 4.78 is 5.23. The van der Waals surface area contributed by atoms with Crippen molar-refractivity contribution in [2.24, 2.45) is 0 Å². The standard InChI is InChI=1S/C25H28N4O5S/c1-16-3-4-17(2)21(13-16)35-19-7-5-18(6-8-19)26-22(30)15-29-24(32)20(27-25(29)33)14-23(31)28-9-11-34-12-10-28/h3-8,13,20H,9-12,14-15H2,1-2H3,(H,26,30)(H,27,33). The summed E-state index contributed by atoms with van der Waals surface area (Å²) in [5, 5.41) is 5.23. The highest BCUT2D eigenvalue weighted by Gasteiger charge is 2.40. The van der Waals surface area contributed by atoms with Crippen LogP contribution in [0, 0.1) is 13.8 Å². The lowest BCUT2D eigenvalue weighted by Gasteiger charge is -2.27. The molecule has 0 saturated carbocycles. The van der Waals surface area contributed by atoms with Crippen molar-refractivity contribution in [2.75, 3.05) is 38.2 Å². The van der Waals surface area contributed by atoms with E-state index in [9.17, 15) is 19.2 Å². The molecule has 0 radical (unpaired) electrons. The summed E-state index contributed by atoms with van der Waals surface area (Å²) >= 11 is 1.64. The molecular formula is C25H28N4O5S. The molecule has 10 heteroatoms. The quantitative estimate of drug-likeness (QED) is 0.571. The van der Waals surface area contributed by atoms with Gasteiger partial charge in [0.25, 0.3) is 5.91 Å². The lowest BCUT2D eigenvalue weighted by molar-refractivity contribution is -0.138. The number of nitrogens with one attached hydrogen (secondary N) is 2. The SMILES string of the molecule is Cc1ccc(C)c(Sc2ccc(NC(=O)CN3C(=O)NC(CC(=O)N4CCOCC4)C3=O)cc2)c1. The van der Waals surface area contributed by atoms with Crippen LogP contribution >= 0.6 is 11.8 Å². The molecule has 2 N–H and O–H groups in total. The van der Waals surface area contributed by atoms with Gasteiger partial charge in [-0.15, -0.1) is 0 Å². The van der Waals surface area contributed by atoms with E-state index >= 15 is 0 Å². The van der Waals surface area contributed by atoms with Crippen LogP contribution in [0.5, 0.6) is 0 Å². The zero-order valence-corrected chi connectivity index (χ0v) is 20.5. The van der Waals surface area contributed by atoms with Gasteiger partial charge in [-0.2, -0.15) is 0 Å². The smallest absolute Gasteiger partial charge is 0.325 e. The molecule has 0 bridgehead atoms. The van der Waals surface area contributed by atoms with Crippen molar-refractivity contribution < 1.29 is 23.9 Å². The number of carbonyl (C=O) groups is 4. The van der Waals surface area contributed by atoms with Gasteiger partial charge in [0.1, 0.15) is 12.6 Å². The predicted octanol–water partition coefficient (Wildman–Crippen LogP) is 2.56. The summed E-state index contributed by atoms with van der Waals surface area (Å²) in [6.45, 7) is 5.52. The summed E-state index contributed by atoms with van der Waals surface area (Å²) in [6.07, 6.45) is -0.137. The highest BCUT2D eigenvalue weighted by Crippen LogP contribution is 2.31. The minimum atomic E-state index is -0.966. The first-order chi connectivity index (χ1) is 16.8. The summed E-state index contributed by atoms with van der Waals surface area (Å²) in [6, 6.07) is 12.0. The Bertz CT molecular complexity index is 1130. The van der Waals surface area contributed by atoms with Crippen LogP contribution in [0.4, 0.5) is 10.5 Å². The molecule has 184 valence electrons. The molecule has 4 rings (SSSR count). The number of morpholine rings is 1. The molecule has 0 spiro atoms. The Morgan fingerprint density at radius 3 is 2.51 bits per heavy atom. The number of hydrogen-bond acceptors (Lipinski definition) is 6. The summed E-state index contributed by atoms with van der Waals surface area (Å²) in [5.41, 5.74) is 2.94. The van der Waals surface area contributed by atoms with Gasteiger partial charge in [-0.3, -0.25) is 19.3 Å². The van der Waals surface area contributed by atoms with Gasteiger partial charge >= 0.3 is 6.03 Å². The second-order valence-corrected chi connectivity index (χ2v) is 9.68. The average molecular weight is 497 g/mol. The summed E-state index contributed by atoms with van der Waals surface area (Å²) in [4.78, 5) is 54.5. The highest BCUT2D eigenvalue weighted by molar-refractivity contribution is 7.99. The van der Waals surface area contributed by atoms with Crippen molar-refractivity contribution >= 4 is 41.2 Å². The van der Waals surface area contributed by atoms with Crippen LogP contribution in [0.1, 0.15) is 17.5 Å². The molecule has 2 heterocycles. The second-order valence-electron chi connectivity index (χ2n) is 8.57. The Labute approximate surface area is 208 Å². The second kappa shape index (κ2) is 10.9. The van der Waals surface area contributed by atoms with Gasteiger partial charge < -0.3 is 20.3 Å². The summed E-state index contributed by atoms with van der Waals surface area (Å²) in [5.74, 6) is -1.30. The average Bonchev–Trinajstić information content (AvgIpc) is 3.10. The Morgan fingerprint density at radius 1 is 1.09 bits per heavy atom. The maximum absolute atomic E-state index is 12.7. The zero-order chi connectivity index (χ0) is 24.9. The monoisotopic (exact) mass is 496 g/mol. The van der Waals surface area contributed by atoms with E-state index in [1.54, 1.807) is 28.8 Å². The van der Waals surface area contributed by atoms with Crippen LogP contribution in [0.25, 0.3) is 0 Å². The maximum Gasteiger partial charge on any atom is 0.325 e. The first-order valence-electron chi connectivity index (χ1n) is 11.4. The highest BCUT2D eigenvalue weighted by atomic mass is 32.2. The molecule has 0 aliphatic carbocycles. The van der Waals surface area contributed by atoms with E-state index < -0.39 is 30.4 Å². The van der Waals surface area contributed by atoms with Crippen LogP contribution < -0.4 is 10.6 Å². The Kier molecular flexibility index (Phi) is 7.72. The Balaban J connectivity index is 1.30. The number of amides is 5. The molecule has 2 aliphatic rings. The Morgan fingerprint density at radius 2 is 1.80 bits per heavy atom. The van der Waals surface area contributed by atoms with Crippen molar-refractivity contribution in [2.45, 2.75) is 36.1 Å². The van der Waals surface area contributed by atoms with Gasteiger partial charge in [-0.25, -0.2) is 4.79 Å². The molecule has 5 amide bonds. The van der Waals surface area contributed by atoms with Crippen LogP contribution in [0.15, 0.2) is 52.3 Å². The van der Waals surface area contributed by atoms with Gasteiger partial charge in [0.05, 0.1) is 19.6 Å². The topological polar surface area (TPSA) is 108 Å². The van der Waals surface area contributed by atoms with Crippen LogP contribution in [0.2, 0.25) is 0 Å². The van der Waals surface area contributed by atoms with Crippen molar-refractivity contribution in [1.29, 1.82) is 0 Å². The molecule has 1 atom stereocenters. The molecular weight excluding hydrogens is 468 g/mol. The number of benzene rings is 2. The Hall–Kier alpha value is -3.37. The minimum Gasteiger partial charge on any atom is -0.378 e. The van der Waals surface area contributed by atoms with E-state index in [0.717, 1.165) is 9.80 Å². The van der Waals surface area contributed by atoms with Crippen molar-refractivity contribution in [1.82, 2.24) is 15.1 Å². The van der Waals surface area contributed by atoms with Crippen molar-refractivity contribution in [3.05, 3.63) is 53.6 Å². The van der Waals surface area contributed by atoms with Gasteiger partial charge in [0.15, 0.2) is 0 Å². The van der Waals surface area contributed by atoms with E-state index in [2.05, 4.69) is 42.7 Å². The van der Waals surface area contributed by atoms with E-state index in [1.165, 1.54) is 16.0 Å². The largest absolute Gasteiger partial charge is 0.378 e. The molecule has 9 nitrogen and oxygen atoms in total. The normalized spacial score (nSPS) is 17.9. The van der Waals surface area contributed by atoms with E-state index in [1.807, 2.05) is 12.1 Å². The maximum atomic E-state index is 12.7. The molecule has 0 aromatic heterocycles. The molecule has 2 aliphatic heterocycles. The number of nitrogens with zero attached hydrogens (tertiary/aromatic N) is 2. The van der Waals surface area contributed by atoms with Crippen molar-refractivity contribution in [3.8, 4) is 0 Å². The van der Waals surface area contributed by atoms with Gasteiger partial charge in [0.2, 0.25) is 11.8 Å². The number of imide groups is 1. The third kappa shape index (κ3) is 6.20. The van der Waals surface area contributed by atoms with Gasteiger partial charge in [0, 0.05) is 28.6 Å². The third-order valence-electron chi connectivity index (χ3n) is 5.86. The van der Waals surface area contributed by atoms with Crippen LogP contribution in [-0.4, -0.2) is 72.4 Å². The molecule has 35 heavy (non-hydrogen) atoms. The number of urea groups is 1. The van der Waals surface area contributed by atoms with E-state index in [-0.39, 0.29) is 12.3 Å².